The normalized spacial score (nSPS) is 15.6. The fourth-order valence-electron chi connectivity index (χ4n) is 1.72. The van der Waals surface area contributed by atoms with E-state index in [9.17, 15) is 9.18 Å². The number of benzene rings is 1. The fourth-order valence-corrected chi connectivity index (χ4v) is 1.90. The van der Waals surface area contributed by atoms with Crippen molar-refractivity contribution in [3.63, 3.8) is 0 Å². The lowest BCUT2D eigenvalue weighted by Crippen LogP contribution is -1.90. The number of allylic oxidation sites excluding steroid dienone is 2. The van der Waals surface area contributed by atoms with Crippen molar-refractivity contribution in [1.29, 1.82) is 0 Å². The number of ketones is 1. The number of carbonyl (C=O) groups excluding carboxylic acids is 1. The van der Waals surface area contributed by atoms with Gasteiger partial charge in [0.25, 0.3) is 0 Å². The minimum atomic E-state index is -0.292. The average Bonchev–Trinajstić information content (AvgIpc) is 2.58. The van der Waals surface area contributed by atoms with E-state index in [4.69, 9.17) is 11.6 Å². The standard InChI is InChI=1S/C12H10ClFO/c13-12-4-2-10(14)7-9(12)5-8-1-3-11(15)6-8/h2,4,6-7H,1,3,5H2. The smallest absolute Gasteiger partial charge is 0.155 e. The Balaban J connectivity index is 2.20. The summed E-state index contributed by atoms with van der Waals surface area (Å²) >= 11 is 5.93. The number of halogens is 2. The van der Waals surface area contributed by atoms with Gasteiger partial charge in [0.2, 0.25) is 0 Å². The van der Waals surface area contributed by atoms with Crippen LogP contribution in [0.2, 0.25) is 5.02 Å². The van der Waals surface area contributed by atoms with E-state index >= 15 is 0 Å². The monoisotopic (exact) mass is 224 g/mol. The zero-order valence-electron chi connectivity index (χ0n) is 8.09. The molecule has 0 saturated carbocycles. The molecule has 1 nitrogen and oxygen atoms in total. The molecule has 0 aliphatic heterocycles. The van der Waals surface area contributed by atoms with Gasteiger partial charge in [0.15, 0.2) is 5.78 Å². The Hall–Kier alpha value is -1.15. The molecule has 3 heteroatoms. The second-order valence-electron chi connectivity index (χ2n) is 3.68. The van der Waals surface area contributed by atoms with E-state index in [1.807, 2.05) is 0 Å². The Morgan fingerprint density at radius 1 is 1.33 bits per heavy atom. The Labute approximate surface area is 92.6 Å². The number of rotatable bonds is 2. The van der Waals surface area contributed by atoms with E-state index in [1.165, 1.54) is 12.1 Å². The summed E-state index contributed by atoms with van der Waals surface area (Å²) in [7, 11) is 0. The summed E-state index contributed by atoms with van der Waals surface area (Å²) in [6.45, 7) is 0. The van der Waals surface area contributed by atoms with Crippen LogP contribution in [0.15, 0.2) is 29.8 Å². The topological polar surface area (TPSA) is 17.1 Å². The van der Waals surface area contributed by atoms with Crippen molar-refractivity contribution >= 4 is 17.4 Å². The second-order valence-corrected chi connectivity index (χ2v) is 4.09. The molecule has 0 fully saturated rings. The van der Waals surface area contributed by atoms with Crippen molar-refractivity contribution in [2.24, 2.45) is 0 Å². The van der Waals surface area contributed by atoms with E-state index in [-0.39, 0.29) is 11.6 Å². The molecule has 2 rings (SSSR count). The van der Waals surface area contributed by atoms with Crippen LogP contribution in [0.4, 0.5) is 4.39 Å². The molecule has 0 aromatic heterocycles. The van der Waals surface area contributed by atoms with E-state index in [0.717, 1.165) is 17.6 Å². The molecule has 1 aromatic rings. The highest BCUT2D eigenvalue weighted by atomic mass is 35.5. The van der Waals surface area contributed by atoms with Gasteiger partial charge < -0.3 is 0 Å². The van der Waals surface area contributed by atoms with Crippen LogP contribution in [0.25, 0.3) is 0 Å². The maximum Gasteiger partial charge on any atom is 0.155 e. The lowest BCUT2D eigenvalue weighted by Gasteiger charge is -2.04. The Bertz CT molecular complexity index is 437. The molecule has 0 unspecified atom stereocenters. The van der Waals surface area contributed by atoms with Gasteiger partial charge >= 0.3 is 0 Å². The molecule has 0 saturated heterocycles. The summed E-state index contributed by atoms with van der Waals surface area (Å²) in [4.78, 5) is 11.0. The molecule has 0 bridgehead atoms. The van der Waals surface area contributed by atoms with Gasteiger partial charge in [-0.2, -0.15) is 0 Å². The van der Waals surface area contributed by atoms with E-state index < -0.39 is 0 Å². The summed E-state index contributed by atoms with van der Waals surface area (Å²) in [6.07, 6.45) is 3.55. The molecule has 0 radical (unpaired) electrons. The van der Waals surface area contributed by atoms with Crippen molar-refractivity contribution in [1.82, 2.24) is 0 Å². The van der Waals surface area contributed by atoms with Crippen molar-refractivity contribution < 1.29 is 9.18 Å². The van der Waals surface area contributed by atoms with Crippen LogP contribution >= 0.6 is 11.6 Å². The zero-order chi connectivity index (χ0) is 10.8. The lowest BCUT2D eigenvalue weighted by molar-refractivity contribution is -0.114. The zero-order valence-corrected chi connectivity index (χ0v) is 8.85. The highest BCUT2D eigenvalue weighted by Crippen LogP contribution is 2.24. The summed E-state index contributed by atoms with van der Waals surface area (Å²) in [5.41, 5.74) is 1.78. The van der Waals surface area contributed by atoms with Gasteiger partial charge in [-0.15, -0.1) is 0 Å². The quantitative estimate of drug-likeness (QED) is 0.753. The first-order valence-corrected chi connectivity index (χ1v) is 5.19. The minimum absolute atomic E-state index is 0.150. The van der Waals surface area contributed by atoms with Gasteiger partial charge in [0, 0.05) is 11.4 Å². The van der Waals surface area contributed by atoms with Gasteiger partial charge in [-0.3, -0.25) is 4.79 Å². The SMILES string of the molecule is O=C1C=C(Cc2cc(F)ccc2Cl)CC1. The van der Waals surface area contributed by atoms with Gasteiger partial charge in [0.05, 0.1) is 0 Å². The maximum absolute atomic E-state index is 13.0. The first kappa shape index (κ1) is 10.4. The van der Waals surface area contributed by atoms with Gasteiger partial charge in [-0.05, 0) is 42.7 Å². The number of hydrogen-bond donors (Lipinski definition) is 0. The molecule has 1 aromatic carbocycles. The summed E-state index contributed by atoms with van der Waals surface area (Å²) in [6, 6.07) is 4.30. The largest absolute Gasteiger partial charge is 0.295 e. The van der Waals surface area contributed by atoms with Crippen molar-refractivity contribution in [3.8, 4) is 0 Å². The molecule has 1 aliphatic rings. The van der Waals surface area contributed by atoms with E-state index in [2.05, 4.69) is 0 Å². The predicted octanol–water partition coefficient (Wildman–Crippen LogP) is 3.31. The molecule has 0 spiro atoms. The van der Waals surface area contributed by atoms with Crippen LogP contribution < -0.4 is 0 Å². The average molecular weight is 225 g/mol. The van der Waals surface area contributed by atoms with Crippen molar-refractivity contribution in [2.75, 3.05) is 0 Å². The molecule has 0 amide bonds. The summed E-state index contributed by atoms with van der Waals surface area (Å²) in [5.74, 6) is -0.142. The van der Waals surface area contributed by atoms with Crippen molar-refractivity contribution in [2.45, 2.75) is 19.3 Å². The summed E-state index contributed by atoms with van der Waals surface area (Å²) in [5, 5.41) is 0.552. The van der Waals surface area contributed by atoms with Crippen LogP contribution in [0.3, 0.4) is 0 Å². The van der Waals surface area contributed by atoms with Crippen LogP contribution in [-0.4, -0.2) is 5.78 Å². The van der Waals surface area contributed by atoms with Gasteiger partial charge in [-0.1, -0.05) is 17.2 Å². The molecular weight excluding hydrogens is 215 g/mol. The molecule has 0 N–H and O–H groups in total. The first-order valence-electron chi connectivity index (χ1n) is 4.81. The molecule has 0 atom stereocenters. The highest BCUT2D eigenvalue weighted by molar-refractivity contribution is 6.31. The maximum atomic E-state index is 13.0. The number of carbonyl (C=O) groups is 1. The van der Waals surface area contributed by atoms with Crippen LogP contribution in [0.1, 0.15) is 18.4 Å². The van der Waals surface area contributed by atoms with Gasteiger partial charge in [-0.25, -0.2) is 4.39 Å². The Morgan fingerprint density at radius 2 is 2.13 bits per heavy atom. The molecular formula is C12H10ClFO. The van der Waals surface area contributed by atoms with Crippen molar-refractivity contribution in [3.05, 3.63) is 46.3 Å². The third kappa shape index (κ3) is 2.45. The second kappa shape index (κ2) is 4.15. The lowest BCUT2D eigenvalue weighted by atomic mass is 10.0. The molecule has 0 heterocycles. The predicted molar refractivity (Wildman–Crippen MR) is 57.4 cm³/mol. The van der Waals surface area contributed by atoms with E-state index in [0.29, 0.717) is 17.9 Å². The first-order chi connectivity index (χ1) is 7.15. The molecule has 15 heavy (non-hydrogen) atoms. The Morgan fingerprint density at radius 3 is 2.80 bits per heavy atom. The fraction of sp³-hybridized carbons (Fsp3) is 0.250. The van der Waals surface area contributed by atoms with Crippen LogP contribution in [0.5, 0.6) is 0 Å². The summed E-state index contributed by atoms with van der Waals surface area (Å²) < 4.78 is 13.0. The van der Waals surface area contributed by atoms with Gasteiger partial charge in [0.1, 0.15) is 5.82 Å². The third-order valence-corrected chi connectivity index (χ3v) is 2.85. The third-order valence-electron chi connectivity index (χ3n) is 2.48. The minimum Gasteiger partial charge on any atom is -0.295 e. The number of hydrogen-bond acceptors (Lipinski definition) is 1. The van der Waals surface area contributed by atoms with E-state index in [1.54, 1.807) is 12.1 Å². The van der Waals surface area contributed by atoms with Crippen LogP contribution in [0, 0.1) is 5.82 Å². The highest BCUT2D eigenvalue weighted by Gasteiger charge is 2.13. The van der Waals surface area contributed by atoms with Crippen LogP contribution in [-0.2, 0) is 11.2 Å². The molecule has 1 aliphatic carbocycles. The molecule has 78 valence electrons. The Kier molecular flexibility index (Phi) is 2.87.